The molecule has 2 rings (SSSR count). The van der Waals surface area contributed by atoms with Gasteiger partial charge in [0, 0.05) is 19.3 Å². The summed E-state index contributed by atoms with van der Waals surface area (Å²) in [5.41, 5.74) is 5.80. The molecule has 0 unspecified atom stereocenters. The summed E-state index contributed by atoms with van der Waals surface area (Å²) in [6, 6.07) is 12.1. The SMILES string of the molecule is Cc1cc(/C=N/NC(=S)N(C)Cc2ccccc2)n[nH]1.O=[N+]([O-])[O-].O=[N+]([O-])[O-].[Cu+2]. The third-order valence-corrected chi connectivity index (χ3v) is 3.09. The summed E-state index contributed by atoms with van der Waals surface area (Å²) < 4.78 is 0. The standard InChI is InChI=1S/C14H17N5S.Cu.2NO3/c1-11-8-13(17-16-11)9-15-18-14(20)19(2)10-12-6-4-3-5-7-12;;2*2-1(3)4/h3-9H,10H2,1-2H3,(H,16,17)(H,18,20);;;/q;+2;2*-1/b15-9+;;;. The van der Waals surface area contributed by atoms with E-state index < -0.39 is 10.2 Å². The number of H-pyrrole nitrogens is 1. The molecule has 13 nitrogen and oxygen atoms in total. The van der Waals surface area contributed by atoms with E-state index in [4.69, 9.17) is 42.9 Å². The van der Waals surface area contributed by atoms with Crippen molar-refractivity contribution in [2.45, 2.75) is 13.5 Å². The zero-order valence-electron chi connectivity index (χ0n) is 15.1. The summed E-state index contributed by atoms with van der Waals surface area (Å²) in [4.78, 5) is 18.4. The number of nitrogens with zero attached hydrogens (tertiary/aromatic N) is 5. The molecule has 0 aliphatic carbocycles. The summed E-state index contributed by atoms with van der Waals surface area (Å²) in [6.07, 6.45) is 1.63. The molecule has 2 aromatic rings. The van der Waals surface area contributed by atoms with Crippen LogP contribution in [0.2, 0.25) is 0 Å². The predicted octanol–water partition coefficient (Wildman–Crippen LogP) is 1.58. The Balaban J connectivity index is 0. The normalized spacial score (nSPS) is 9.03. The predicted molar refractivity (Wildman–Crippen MR) is 105 cm³/mol. The smallest absolute Gasteiger partial charge is 0.356 e. The van der Waals surface area contributed by atoms with Crippen LogP contribution in [0.5, 0.6) is 0 Å². The van der Waals surface area contributed by atoms with Crippen LogP contribution in [0.1, 0.15) is 17.0 Å². The maximum atomic E-state index is 8.25. The van der Waals surface area contributed by atoms with Crippen molar-refractivity contribution < 1.29 is 27.2 Å². The number of benzene rings is 1. The molecular formula is C14H17CuN7O6S. The first kappa shape index (κ1) is 27.9. The van der Waals surface area contributed by atoms with Crippen LogP contribution < -0.4 is 5.43 Å². The maximum absolute atomic E-state index is 8.25. The molecule has 0 saturated carbocycles. The molecule has 0 atom stereocenters. The van der Waals surface area contributed by atoms with Crippen LogP contribution in [0.25, 0.3) is 0 Å². The number of aromatic amines is 1. The van der Waals surface area contributed by atoms with E-state index in [-0.39, 0.29) is 17.1 Å². The molecule has 1 heterocycles. The summed E-state index contributed by atoms with van der Waals surface area (Å²) in [7, 11) is 1.93. The van der Waals surface area contributed by atoms with Crippen LogP contribution >= 0.6 is 12.2 Å². The molecule has 0 aliphatic heterocycles. The number of aromatic nitrogens is 2. The van der Waals surface area contributed by atoms with Crippen LogP contribution in [0, 0.1) is 37.6 Å². The number of rotatable bonds is 4. The minimum absolute atomic E-state index is 0. The molecule has 1 radical (unpaired) electrons. The fourth-order valence-electron chi connectivity index (χ4n) is 1.67. The van der Waals surface area contributed by atoms with E-state index in [0.717, 1.165) is 17.9 Å². The number of hydrogen-bond donors (Lipinski definition) is 2. The van der Waals surface area contributed by atoms with Gasteiger partial charge in [0.05, 0.1) is 16.4 Å². The maximum Gasteiger partial charge on any atom is 2.00 e. The fourth-order valence-corrected chi connectivity index (χ4v) is 1.79. The molecular weight excluding hydrogens is 458 g/mol. The Morgan fingerprint density at radius 1 is 1.24 bits per heavy atom. The number of hydrazone groups is 1. The van der Waals surface area contributed by atoms with Crippen molar-refractivity contribution in [2.75, 3.05) is 7.05 Å². The monoisotopic (exact) mass is 474 g/mol. The zero-order chi connectivity index (χ0) is 21.5. The van der Waals surface area contributed by atoms with Crippen LogP contribution in [0.3, 0.4) is 0 Å². The minimum Gasteiger partial charge on any atom is -0.356 e. The Morgan fingerprint density at radius 2 is 1.76 bits per heavy atom. The van der Waals surface area contributed by atoms with E-state index in [0.29, 0.717) is 5.11 Å². The van der Waals surface area contributed by atoms with Crippen molar-refractivity contribution in [3.05, 3.63) is 84.0 Å². The van der Waals surface area contributed by atoms with Crippen molar-refractivity contribution in [1.82, 2.24) is 20.5 Å². The molecule has 0 bridgehead atoms. The number of thiocarbonyl (C=S) groups is 1. The van der Waals surface area contributed by atoms with Crippen LogP contribution in [0.4, 0.5) is 0 Å². The van der Waals surface area contributed by atoms with Gasteiger partial charge in [0.1, 0.15) is 5.69 Å². The van der Waals surface area contributed by atoms with Crippen molar-refractivity contribution in [2.24, 2.45) is 5.10 Å². The second kappa shape index (κ2) is 15.7. The first-order valence-electron chi connectivity index (χ1n) is 7.35. The molecule has 0 aliphatic rings. The molecule has 0 spiro atoms. The third kappa shape index (κ3) is 16.6. The Labute approximate surface area is 181 Å². The fraction of sp³-hybridized carbons (Fsp3) is 0.214. The van der Waals surface area contributed by atoms with E-state index in [1.54, 1.807) is 6.21 Å². The molecule has 15 heteroatoms. The van der Waals surface area contributed by atoms with Crippen molar-refractivity contribution in [3.8, 4) is 0 Å². The molecule has 1 aromatic carbocycles. The van der Waals surface area contributed by atoms with Crippen LogP contribution in [-0.2, 0) is 23.6 Å². The minimum atomic E-state index is -1.75. The largest absolute Gasteiger partial charge is 2.00 e. The van der Waals surface area contributed by atoms with E-state index in [1.165, 1.54) is 5.56 Å². The molecule has 0 saturated heterocycles. The molecule has 1 aromatic heterocycles. The van der Waals surface area contributed by atoms with Crippen molar-refractivity contribution in [1.29, 1.82) is 0 Å². The van der Waals surface area contributed by atoms with Crippen molar-refractivity contribution >= 4 is 23.5 Å². The number of hydrogen-bond acceptors (Lipinski definition) is 9. The summed E-state index contributed by atoms with van der Waals surface area (Å²) in [6.45, 7) is 2.68. The van der Waals surface area contributed by atoms with E-state index in [9.17, 15) is 0 Å². The van der Waals surface area contributed by atoms with E-state index >= 15 is 0 Å². The Kier molecular flexibility index (Phi) is 15.2. The van der Waals surface area contributed by atoms with Gasteiger partial charge in [0.2, 0.25) is 0 Å². The van der Waals surface area contributed by atoms with Gasteiger partial charge in [0.25, 0.3) is 0 Å². The second-order valence-electron chi connectivity index (χ2n) is 4.94. The van der Waals surface area contributed by atoms with Gasteiger partial charge < -0.3 is 35.5 Å². The third-order valence-electron chi connectivity index (χ3n) is 2.69. The van der Waals surface area contributed by atoms with Gasteiger partial charge in [-0.05, 0) is 30.8 Å². The van der Waals surface area contributed by atoms with Gasteiger partial charge in [-0.3, -0.25) is 10.5 Å². The van der Waals surface area contributed by atoms with Crippen LogP contribution in [0.15, 0.2) is 41.5 Å². The summed E-state index contributed by atoms with van der Waals surface area (Å²) in [5.74, 6) is 0. The summed E-state index contributed by atoms with van der Waals surface area (Å²) in [5, 5.41) is 41.0. The average Bonchev–Trinajstić information content (AvgIpc) is 3.00. The van der Waals surface area contributed by atoms with Gasteiger partial charge in [0.15, 0.2) is 5.11 Å². The zero-order valence-corrected chi connectivity index (χ0v) is 16.9. The summed E-state index contributed by atoms with van der Waals surface area (Å²) >= 11 is 5.27. The van der Waals surface area contributed by atoms with E-state index in [2.05, 4.69) is 32.9 Å². The molecule has 161 valence electrons. The van der Waals surface area contributed by atoms with Gasteiger partial charge in [-0.15, -0.1) is 0 Å². The second-order valence-corrected chi connectivity index (χ2v) is 5.33. The first-order valence-corrected chi connectivity index (χ1v) is 7.75. The van der Waals surface area contributed by atoms with Gasteiger partial charge in [-0.1, -0.05) is 30.3 Å². The molecule has 29 heavy (non-hydrogen) atoms. The molecule has 0 fully saturated rings. The van der Waals surface area contributed by atoms with Crippen LogP contribution in [-0.4, -0.2) is 43.6 Å². The van der Waals surface area contributed by atoms with Gasteiger partial charge in [-0.2, -0.15) is 10.2 Å². The Morgan fingerprint density at radius 3 is 2.21 bits per heavy atom. The van der Waals surface area contributed by atoms with E-state index in [1.807, 2.05) is 43.1 Å². The number of nitrogens with one attached hydrogen (secondary N) is 2. The quantitative estimate of drug-likeness (QED) is 0.216. The number of aryl methyl sites for hydroxylation is 1. The van der Waals surface area contributed by atoms with Gasteiger partial charge in [-0.25, -0.2) is 0 Å². The molecule has 0 amide bonds. The topological polar surface area (TPSA) is 189 Å². The van der Waals surface area contributed by atoms with Crippen molar-refractivity contribution in [3.63, 3.8) is 0 Å². The molecule has 2 N–H and O–H groups in total. The first-order chi connectivity index (χ1) is 13.1. The average molecular weight is 475 g/mol. The van der Waals surface area contributed by atoms with Gasteiger partial charge >= 0.3 is 17.1 Å². The Bertz CT molecular complexity index is 770. The Hall–Kier alpha value is -3.29.